The maximum Gasteiger partial charge on any atom is 0.278 e. The molecule has 0 aliphatic carbocycles. The van der Waals surface area contributed by atoms with Gasteiger partial charge in [-0.3, -0.25) is 4.79 Å². The van der Waals surface area contributed by atoms with E-state index in [4.69, 9.17) is 5.73 Å². The van der Waals surface area contributed by atoms with Gasteiger partial charge in [0.15, 0.2) is 0 Å². The summed E-state index contributed by atoms with van der Waals surface area (Å²) in [6, 6.07) is 7.37. The first-order chi connectivity index (χ1) is 8.63. The van der Waals surface area contributed by atoms with Gasteiger partial charge < -0.3 is 5.73 Å². The van der Waals surface area contributed by atoms with Gasteiger partial charge in [-0.2, -0.15) is 4.99 Å². The summed E-state index contributed by atoms with van der Waals surface area (Å²) in [5.41, 5.74) is 7.31. The molecule has 3 nitrogen and oxygen atoms in total. The standard InChI is InChI=1S/C13H18N2O.C2H6/c1-3-4-8-12(14)15-13(16)11-7-5-6-10(2)9-11;1-2/h5-7,9H,3-4,8H2,1-2H3,(H2,14,15,16);1-2H3. The molecule has 0 aliphatic heterocycles. The number of hydrogen-bond donors (Lipinski definition) is 1. The average molecular weight is 248 g/mol. The minimum absolute atomic E-state index is 0.252. The molecule has 1 rings (SSSR count). The van der Waals surface area contributed by atoms with Gasteiger partial charge in [-0.15, -0.1) is 0 Å². The molecular weight excluding hydrogens is 224 g/mol. The maximum atomic E-state index is 11.7. The van der Waals surface area contributed by atoms with Crippen LogP contribution in [0.5, 0.6) is 0 Å². The van der Waals surface area contributed by atoms with Crippen molar-refractivity contribution in [2.24, 2.45) is 10.7 Å². The molecule has 0 unspecified atom stereocenters. The highest BCUT2D eigenvalue weighted by Gasteiger charge is 2.04. The molecule has 0 fully saturated rings. The summed E-state index contributed by atoms with van der Waals surface area (Å²) in [7, 11) is 0. The Balaban J connectivity index is 0.00000137. The number of aryl methyl sites for hydroxylation is 1. The third-order valence-electron chi connectivity index (χ3n) is 2.30. The van der Waals surface area contributed by atoms with E-state index in [0.717, 1.165) is 18.4 Å². The summed E-state index contributed by atoms with van der Waals surface area (Å²) in [6.07, 6.45) is 2.71. The molecule has 0 atom stereocenters. The van der Waals surface area contributed by atoms with Gasteiger partial charge in [-0.25, -0.2) is 0 Å². The van der Waals surface area contributed by atoms with Gasteiger partial charge in [0.1, 0.15) is 5.84 Å². The molecule has 3 heteroatoms. The Hall–Kier alpha value is -1.64. The molecule has 100 valence electrons. The number of benzene rings is 1. The molecule has 1 aromatic rings. The molecule has 0 saturated carbocycles. The minimum atomic E-state index is -0.252. The van der Waals surface area contributed by atoms with E-state index in [0.29, 0.717) is 17.8 Å². The fourth-order valence-electron chi connectivity index (χ4n) is 1.39. The number of unbranched alkanes of at least 4 members (excludes halogenated alkanes) is 1. The quantitative estimate of drug-likeness (QED) is 0.652. The highest BCUT2D eigenvalue weighted by molar-refractivity contribution is 6.02. The van der Waals surface area contributed by atoms with E-state index in [-0.39, 0.29) is 5.91 Å². The van der Waals surface area contributed by atoms with Gasteiger partial charge >= 0.3 is 0 Å². The topological polar surface area (TPSA) is 55.4 Å². The molecule has 1 amide bonds. The largest absolute Gasteiger partial charge is 0.387 e. The van der Waals surface area contributed by atoms with E-state index in [1.54, 1.807) is 6.07 Å². The van der Waals surface area contributed by atoms with Crippen molar-refractivity contribution in [1.29, 1.82) is 0 Å². The molecule has 0 spiro atoms. The average Bonchev–Trinajstić information content (AvgIpc) is 2.38. The Morgan fingerprint density at radius 3 is 2.56 bits per heavy atom. The second-order valence-electron chi connectivity index (χ2n) is 3.88. The molecule has 18 heavy (non-hydrogen) atoms. The highest BCUT2D eigenvalue weighted by Crippen LogP contribution is 2.06. The van der Waals surface area contributed by atoms with Crippen LogP contribution in [-0.4, -0.2) is 11.7 Å². The Kier molecular flexibility index (Phi) is 8.54. The van der Waals surface area contributed by atoms with Gasteiger partial charge in [-0.05, 0) is 25.5 Å². The second kappa shape index (κ2) is 9.40. The molecule has 0 aromatic heterocycles. The number of amidine groups is 1. The lowest BCUT2D eigenvalue weighted by Crippen LogP contribution is -2.14. The summed E-state index contributed by atoms with van der Waals surface area (Å²) in [5.74, 6) is 0.172. The van der Waals surface area contributed by atoms with Gasteiger partial charge in [0.2, 0.25) is 0 Å². The summed E-state index contributed by atoms with van der Waals surface area (Å²) in [5, 5.41) is 0. The fourth-order valence-corrected chi connectivity index (χ4v) is 1.39. The van der Waals surface area contributed by atoms with Crippen molar-refractivity contribution >= 4 is 11.7 Å². The van der Waals surface area contributed by atoms with Crippen LogP contribution in [0.1, 0.15) is 56.0 Å². The number of carbonyl (C=O) groups is 1. The van der Waals surface area contributed by atoms with Crippen molar-refractivity contribution in [1.82, 2.24) is 0 Å². The first-order valence-corrected chi connectivity index (χ1v) is 6.57. The number of carbonyl (C=O) groups excluding carboxylic acids is 1. The number of amides is 1. The number of nitrogens with zero attached hydrogens (tertiary/aromatic N) is 1. The summed E-state index contributed by atoms with van der Waals surface area (Å²) in [6.45, 7) is 8.02. The third-order valence-corrected chi connectivity index (χ3v) is 2.30. The normalized spacial score (nSPS) is 10.6. The molecular formula is C15H24N2O. The van der Waals surface area contributed by atoms with E-state index in [2.05, 4.69) is 11.9 Å². The Bertz CT molecular complexity index is 397. The van der Waals surface area contributed by atoms with Crippen LogP contribution in [0.3, 0.4) is 0 Å². The van der Waals surface area contributed by atoms with Crippen LogP contribution in [-0.2, 0) is 0 Å². The molecule has 0 heterocycles. The Morgan fingerprint density at radius 1 is 1.33 bits per heavy atom. The van der Waals surface area contributed by atoms with Crippen molar-refractivity contribution in [3.8, 4) is 0 Å². The van der Waals surface area contributed by atoms with Crippen LogP contribution in [0.25, 0.3) is 0 Å². The van der Waals surface area contributed by atoms with E-state index < -0.39 is 0 Å². The number of nitrogens with two attached hydrogens (primary N) is 1. The summed E-state index contributed by atoms with van der Waals surface area (Å²) >= 11 is 0. The van der Waals surface area contributed by atoms with Gasteiger partial charge in [0.05, 0.1) is 0 Å². The number of aliphatic imine (C=N–C) groups is 1. The zero-order valence-electron chi connectivity index (χ0n) is 11.9. The zero-order chi connectivity index (χ0) is 14.0. The van der Waals surface area contributed by atoms with E-state index >= 15 is 0 Å². The number of rotatable bonds is 4. The molecule has 0 saturated heterocycles. The minimum Gasteiger partial charge on any atom is -0.387 e. The molecule has 1 aromatic carbocycles. The summed E-state index contributed by atoms with van der Waals surface area (Å²) < 4.78 is 0. The summed E-state index contributed by atoms with van der Waals surface area (Å²) in [4.78, 5) is 15.6. The van der Waals surface area contributed by atoms with Crippen LogP contribution >= 0.6 is 0 Å². The lowest BCUT2D eigenvalue weighted by atomic mass is 10.1. The van der Waals surface area contributed by atoms with Gasteiger partial charge in [0.25, 0.3) is 5.91 Å². The van der Waals surface area contributed by atoms with Crippen molar-refractivity contribution in [3.63, 3.8) is 0 Å². The van der Waals surface area contributed by atoms with E-state index in [1.807, 2.05) is 39.0 Å². The first kappa shape index (κ1) is 16.4. The van der Waals surface area contributed by atoms with Gasteiger partial charge in [-0.1, -0.05) is 44.9 Å². The second-order valence-corrected chi connectivity index (χ2v) is 3.88. The predicted octanol–water partition coefficient (Wildman–Crippen LogP) is 3.71. The fraction of sp³-hybridized carbons (Fsp3) is 0.467. The zero-order valence-corrected chi connectivity index (χ0v) is 11.9. The number of hydrogen-bond acceptors (Lipinski definition) is 1. The van der Waals surface area contributed by atoms with E-state index in [1.165, 1.54) is 0 Å². The van der Waals surface area contributed by atoms with Crippen molar-refractivity contribution in [2.45, 2.75) is 47.0 Å². The van der Waals surface area contributed by atoms with Crippen molar-refractivity contribution in [2.75, 3.05) is 0 Å². The van der Waals surface area contributed by atoms with Crippen molar-refractivity contribution in [3.05, 3.63) is 35.4 Å². The first-order valence-electron chi connectivity index (χ1n) is 6.57. The SMILES string of the molecule is CC.CCCCC(N)=NC(=O)c1cccc(C)c1. The lowest BCUT2D eigenvalue weighted by molar-refractivity contribution is 0.100. The van der Waals surface area contributed by atoms with Crippen LogP contribution in [0.4, 0.5) is 0 Å². The van der Waals surface area contributed by atoms with E-state index in [9.17, 15) is 4.79 Å². The van der Waals surface area contributed by atoms with Gasteiger partial charge in [0, 0.05) is 12.0 Å². The Labute approximate surface area is 110 Å². The highest BCUT2D eigenvalue weighted by atomic mass is 16.1. The predicted molar refractivity (Wildman–Crippen MR) is 78.0 cm³/mol. The van der Waals surface area contributed by atoms with Crippen LogP contribution in [0.2, 0.25) is 0 Å². The van der Waals surface area contributed by atoms with Crippen LogP contribution < -0.4 is 5.73 Å². The molecule has 0 radical (unpaired) electrons. The molecule has 0 bridgehead atoms. The maximum absolute atomic E-state index is 11.7. The Morgan fingerprint density at radius 2 is 2.00 bits per heavy atom. The third kappa shape index (κ3) is 6.18. The van der Waals surface area contributed by atoms with Crippen molar-refractivity contribution < 1.29 is 4.79 Å². The molecule has 0 aliphatic rings. The molecule has 2 N–H and O–H groups in total. The van der Waals surface area contributed by atoms with Crippen LogP contribution in [0.15, 0.2) is 29.3 Å². The monoisotopic (exact) mass is 248 g/mol. The lowest BCUT2D eigenvalue weighted by Gasteiger charge is -2.00. The smallest absolute Gasteiger partial charge is 0.278 e. The van der Waals surface area contributed by atoms with Crippen LogP contribution in [0, 0.1) is 6.92 Å².